The quantitative estimate of drug-likeness (QED) is 0.410. The van der Waals surface area contributed by atoms with Gasteiger partial charge in [0.2, 0.25) is 0 Å². The first-order chi connectivity index (χ1) is 15.6. The smallest absolute Gasteiger partial charge is 0.338 e. The fourth-order valence-electron chi connectivity index (χ4n) is 4.83. The predicted octanol–water partition coefficient (Wildman–Crippen LogP) is 4.94. The second-order valence-corrected chi connectivity index (χ2v) is 10.2. The number of carbonyl (C=O) groups is 2. The molecule has 2 bridgehead atoms. The number of esters is 1. The van der Waals surface area contributed by atoms with Crippen molar-refractivity contribution in [2.45, 2.75) is 45.4 Å². The molecule has 3 heterocycles. The number of aromatic nitrogens is 1. The second kappa shape index (κ2) is 7.70. The topological polar surface area (TPSA) is 54.8 Å². The average Bonchev–Trinajstić information content (AvgIpc) is 3.09. The molecule has 1 saturated heterocycles. The third-order valence-electron chi connectivity index (χ3n) is 6.33. The molecule has 170 valence electrons. The van der Waals surface area contributed by atoms with Gasteiger partial charge < -0.3 is 14.2 Å². The van der Waals surface area contributed by atoms with E-state index in [4.69, 9.17) is 17.0 Å². The van der Waals surface area contributed by atoms with E-state index < -0.39 is 5.60 Å². The monoisotopic (exact) mass is 461 g/mol. The van der Waals surface area contributed by atoms with Crippen molar-refractivity contribution in [1.82, 2.24) is 14.4 Å². The summed E-state index contributed by atoms with van der Waals surface area (Å²) in [6.07, 6.45) is 0. The maximum atomic E-state index is 12.8. The van der Waals surface area contributed by atoms with E-state index >= 15 is 0 Å². The van der Waals surface area contributed by atoms with Gasteiger partial charge in [-0.3, -0.25) is 4.90 Å². The van der Waals surface area contributed by atoms with Crippen molar-refractivity contribution in [2.75, 3.05) is 13.6 Å². The van der Waals surface area contributed by atoms with Gasteiger partial charge in [-0.2, -0.15) is 0 Å². The minimum atomic E-state index is -0.529. The van der Waals surface area contributed by atoms with Gasteiger partial charge in [0.05, 0.1) is 23.0 Å². The lowest BCUT2D eigenvalue weighted by atomic mass is 9.89. The van der Waals surface area contributed by atoms with Crippen molar-refractivity contribution in [3.05, 3.63) is 70.9 Å². The maximum absolute atomic E-state index is 12.8. The predicted molar refractivity (Wildman–Crippen MR) is 132 cm³/mol. The van der Waals surface area contributed by atoms with Crippen molar-refractivity contribution in [3.63, 3.8) is 0 Å². The van der Waals surface area contributed by atoms with Gasteiger partial charge in [-0.15, -0.1) is 0 Å². The van der Waals surface area contributed by atoms with Gasteiger partial charge in [-0.1, -0.05) is 42.5 Å². The molecular weight excluding hydrogens is 434 g/mol. The van der Waals surface area contributed by atoms with E-state index in [1.54, 1.807) is 11.9 Å². The molecule has 0 N–H and O–H groups in total. The van der Waals surface area contributed by atoms with Crippen LogP contribution < -0.4 is 0 Å². The molecule has 33 heavy (non-hydrogen) atoms. The molecule has 2 aliphatic heterocycles. The molecule has 1 unspecified atom stereocenters. The van der Waals surface area contributed by atoms with Crippen LogP contribution in [0.3, 0.4) is 0 Å². The Morgan fingerprint density at radius 1 is 1.12 bits per heavy atom. The largest absolute Gasteiger partial charge is 0.456 e. The first kappa shape index (κ1) is 21.6. The number of nitrogens with zero attached hydrogens (tertiary/aromatic N) is 3. The standard InChI is InChI=1S/C26H27N3O3S/c1-26(2,3)32-24(30)17-11-9-16(10-12-17)13-29-20-8-6-5-7-18(20)22-19-14-28(15-21(22)29)25(31)27(4)23(19)33/h5-12,19H,13-15H2,1-4H3. The van der Waals surface area contributed by atoms with Crippen LogP contribution in [0.4, 0.5) is 4.79 Å². The normalized spacial score (nSPS) is 18.0. The molecule has 2 aromatic carbocycles. The number of hydrogen-bond acceptors (Lipinski definition) is 4. The number of carbonyl (C=O) groups excluding carboxylic acids is 2. The Balaban J connectivity index is 1.53. The summed E-state index contributed by atoms with van der Waals surface area (Å²) >= 11 is 5.69. The Morgan fingerprint density at radius 3 is 2.52 bits per heavy atom. The third-order valence-corrected chi connectivity index (χ3v) is 6.89. The lowest BCUT2D eigenvalue weighted by Crippen LogP contribution is -2.55. The minimum absolute atomic E-state index is 0.0205. The van der Waals surface area contributed by atoms with E-state index in [1.807, 2.05) is 56.0 Å². The molecule has 1 aromatic heterocycles. The Morgan fingerprint density at radius 2 is 1.82 bits per heavy atom. The van der Waals surface area contributed by atoms with E-state index in [2.05, 4.69) is 22.8 Å². The lowest BCUT2D eigenvalue weighted by molar-refractivity contribution is 0.00695. The zero-order valence-corrected chi connectivity index (χ0v) is 20.1. The highest BCUT2D eigenvalue weighted by Crippen LogP contribution is 2.41. The number of fused-ring (bicyclic) bond motifs is 6. The fourth-order valence-corrected chi connectivity index (χ4v) is 5.10. The lowest BCUT2D eigenvalue weighted by Gasteiger charge is -2.42. The van der Waals surface area contributed by atoms with E-state index in [9.17, 15) is 9.59 Å². The molecule has 0 aliphatic carbocycles. The number of ether oxygens (including phenoxy) is 1. The van der Waals surface area contributed by atoms with Gasteiger partial charge >= 0.3 is 12.0 Å². The van der Waals surface area contributed by atoms with E-state index in [-0.39, 0.29) is 17.9 Å². The van der Waals surface area contributed by atoms with Crippen LogP contribution in [0, 0.1) is 0 Å². The van der Waals surface area contributed by atoms with Crippen LogP contribution in [0.25, 0.3) is 10.9 Å². The van der Waals surface area contributed by atoms with Crippen LogP contribution in [0.2, 0.25) is 0 Å². The summed E-state index contributed by atoms with van der Waals surface area (Å²) in [6, 6.07) is 15.9. The molecule has 5 rings (SSSR count). The van der Waals surface area contributed by atoms with Gasteiger partial charge in [-0.05, 0) is 50.1 Å². The van der Waals surface area contributed by atoms with E-state index in [0.717, 1.165) is 16.8 Å². The summed E-state index contributed by atoms with van der Waals surface area (Å²) in [7, 11) is 1.76. The van der Waals surface area contributed by atoms with E-state index in [1.165, 1.54) is 10.9 Å². The van der Waals surface area contributed by atoms with Crippen molar-refractivity contribution in [3.8, 4) is 0 Å². The van der Waals surface area contributed by atoms with Crippen LogP contribution in [0.15, 0.2) is 48.5 Å². The van der Waals surface area contributed by atoms with Gasteiger partial charge in [0.1, 0.15) is 5.60 Å². The first-order valence-electron chi connectivity index (χ1n) is 11.1. The van der Waals surface area contributed by atoms with Crippen LogP contribution in [-0.4, -0.2) is 50.5 Å². The van der Waals surface area contributed by atoms with Crippen molar-refractivity contribution < 1.29 is 14.3 Å². The van der Waals surface area contributed by atoms with Crippen molar-refractivity contribution >= 4 is 40.1 Å². The Kier molecular flexibility index (Phi) is 5.05. The third kappa shape index (κ3) is 3.70. The number of likely N-dealkylation sites (N-methyl/N-ethyl adjacent to an activating group) is 1. The molecule has 0 saturated carbocycles. The van der Waals surface area contributed by atoms with Crippen LogP contribution in [-0.2, 0) is 17.8 Å². The SMILES string of the molecule is CN1C(=O)N2Cc3c(c4ccccc4n3Cc3ccc(C(=O)OC(C)(C)C)cc3)C(C2)C1=S. The molecule has 0 spiro atoms. The summed E-state index contributed by atoms with van der Waals surface area (Å²) in [5, 5.41) is 1.19. The molecule has 1 fully saturated rings. The second-order valence-electron chi connectivity index (χ2n) is 9.78. The summed E-state index contributed by atoms with van der Waals surface area (Å²) in [5.74, 6) is -0.304. The first-order valence-corrected chi connectivity index (χ1v) is 11.5. The summed E-state index contributed by atoms with van der Waals surface area (Å²) in [6.45, 7) is 7.41. The maximum Gasteiger partial charge on any atom is 0.338 e. The minimum Gasteiger partial charge on any atom is -0.456 e. The molecule has 3 aromatic rings. The van der Waals surface area contributed by atoms with Crippen LogP contribution in [0.5, 0.6) is 0 Å². The summed E-state index contributed by atoms with van der Waals surface area (Å²) in [4.78, 5) is 29.3. The molecule has 1 atom stereocenters. The van der Waals surface area contributed by atoms with Crippen LogP contribution in [0.1, 0.15) is 53.9 Å². The summed E-state index contributed by atoms with van der Waals surface area (Å²) in [5.41, 5.74) is 4.57. The van der Waals surface area contributed by atoms with Crippen molar-refractivity contribution in [2.24, 2.45) is 0 Å². The Labute approximate surface area is 198 Å². The van der Waals surface area contributed by atoms with Gasteiger partial charge in [-0.25, -0.2) is 9.59 Å². The molecule has 2 aliphatic rings. The highest BCUT2D eigenvalue weighted by Gasteiger charge is 2.42. The number of thiocarbonyl (C=S) groups is 1. The zero-order valence-electron chi connectivity index (χ0n) is 19.3. The summed E-state index contributed by atoms with van der Waals surface area (Å²) < 4.78 is 7.76. The Hall–Kier alpha value is -3.19. The van der Waals surface area contributed by atoms with Crippen molar-refractivity contribution in [1.29, 1.82) is 0 Å². The average molecular weight is 462 g/mol. The van der Waals surface area contributed by atoms with Gasteiger partial charge in [0.25, 0.3) is 0 Å². The molecule has 6 nitrogen and oxygen atoms in total. The van der Waals surface area contributed by atoms with E-state index in [0.29, 0.717) is 30.2 Å². The number of benzene rings is 2. The molecular formula is C26H27N3O3S. The number of amides is 2. The molecule has 2 amide bonds. The molecule has 0 radical (unpaired) electrons. The van der Waals surface area contributed by atoms with Crippen LogP contribution >= 0.6 is 12.2 Å². The fraction of sp³-hybridized carbons (Fsp3) is 0.346. The highest BCUT2D eigenvalue weighted by atomic mass is 32.1. The number of para-hydroxylation sites is 1. The zero-order chi connectivity index (χ0) is 23.5. The molecule has 7 heteroatoms. The van der Waals surface area contributed by atoms with Gasteiger partial charge in [0, 0.05) is 36.7 Å². The Bertz CT molecular complexity index is 1290. The number of hydrogen-bond donors (Lipinski definition) is 0. The highest BCUT2D eigenvalue weighted by molar-refractivity contribution is 7.80. The number of urea groups is 1. The van der Waals surface area contributed by atoms with Gasteiger partial charge in [0.15, 0.2) is 0 Å². The number of rotatable bonds is 3.